The van der Waals surface area contributed by atoms with Crippen LogP contribution in [0, 0.1) is 4.91 Å². The number of nitroso groups, excluding NO2 is 1. The number of rotatable bonds is 7. The molecule has 1 rings (SSSR count). The van der Waals surface area contributed by atoms with E-state index in [2.05, 4.69) is 5.18 Å². The van der Waals surface area contributed by atoms with Crippen LogP contribution in [-0.2, 0) is 0 Å². The molecule has 1 aromatic carbocycles. The Balaban J connectivity index is 2.71. The minimum Gasteiger partial charge on any atom is -0.493 e. The number of ether oxygens (including phenoxy) is 2. The number of methoxy groups -OCH3 is 1. The molecule has 1 N–H and O–H groups in total. The quantitative estimate of drug-likeness (QED) is 0.580. The van der Waals surface area contributed by atoms with Crippen molar-refractivity contribution in [2.45, 2.75) is 6.42 Å². The molecule has 0 saturated heterocycles. The number of benzene rings is 1. The summed E-state index contributed by atoms with van der Waals surface area (Å²) < 4.78 is 10.4. The smallest absolute Gasteiger partial charge is 0.335 e. The highest BCUT2D eigenvalue weighted by molar-refractivity contribution is 5.88. The second-order valence-electron chi connectivity index (χ2n) is 3.23. The van der Waals surface area contributed by atoms with Crippen molar-refractivity contribution in [2.24, 2.45) is 5.18 Å². The summed E-state index contributed by atoms with van der Waals surface area (Å²) >= 11 is 0. The lowest BCUT2D eigenvalue weighted by atomic mass is 10.2. The molecule has 0 radical (unpaired) electrons. The van der Waals surface area contributed by atoms with E-state index in [1.54, 1.807) is 0 Å². The maximum absolute atomic E-state index is 10.7. The van der Waals surface area contributed by atoms with E-state index in [4.69, 9.17) is 14.6 Å². The van der Waals surface area contributed by atoms with Crippen LogP contribution in [0.15, 0.2) is 23.4 Å². The molecule has 0 amide bonds. The Kier molecular flexibility index (Phi) is 4.93. The highest BCUT2D eigenvalue weighted by Crippen LogP contribution is 2.28. The van der Waals surface area contributed by atoms with Crippen molar-refractivity contribution in [3.8, 4) is 11.5 Å². The number of carbonyl (C=O) groups is 1. The molecule has 0 fully saturated rings. The molecule has 17 heavy (non-hydrogen) atoms. The Morgan fingerprint density at radius 2 is 2.18 bits per heavy atom. The summed E-state index contributed by atoms with van der Waals surface area (Å²) in [6.07, 6.45) is 0.507. The summed E-state index contributed by atoms with van der Waals surface area (Å²) in [5, 5.41) is 11.5. The third-order valence-electron chi connectivity index (χ3n) is 2.06. The fourth-order valence-electron chi connectivity index (χ4n) is 1.23. The molecular formula is C11H13NO5. The van der Waals surface area contributed by atoms with Crippen molar-refractivity contribution >= 4 is 5.97 Å². The zero-order valence-corrected chi connectivity index (χ0v) is 9.38. The zero-order valence-electron chi connectivity index (χ0n) is 9.38. The Labute approximate surface area is 98.1 Å². The van der Waals surface area contributed by atoms with Gasteiger partial charge in [0.1, 0.15) is 0 Å². The average molecular weight is 239 g/mol. The van der Waals surface area contributed by atoms with Gasteiger partial charge in [0.15, 0.2) is 11.5 Å². The maximum Gasteiger partial charge on any atom is 0.335 e. The molecule has 0 aromatic heterocycles. The van der Waals surface area contributed by atoms with Gasteiger partial charge < -0.3 is 14.6 Å². The van der Waals surface area contributed by atoms with Gasteiger partial charge >= 0.3 is 5.97 Å². The fourth-order valence-corrected chi connectivity index (χ4v) is 1.23. The molecule has 0 aliphatic rings. The molecule has 6 nitrogen and oxygen atoms in total. The van der Waals surface area contributed by atoms with Gasteiger partial charge in [0, 0.05) is 6.42 Å². The summed E-state index contributed by atoms with van der Waals surface area (Å²) in [6.45, 7) is 0.518. The first-order valence-corrected chi connectivity index (χ1v) is 5.02. The van der Waals surface area contributed by atoms with Crippen molar-refractivity contribution in [3.05, 3.63) is 28.7 Å². The van der Waals surface area contributed by atoms with Crippen molar-refractivity contribution in [2.75, 3.05) is 20.3 Å². The number of hydrogen-bond acceptors (Lipinski definition) is 5. The first-order valence-electron chi connectivity index (χ1n) is 5.02. The van der Waals surface area contributed by atoms with Gasteiger partial charge in [-0.2, -0.15) is 4.91 Å². The standard InChI is InChI=1S/C11H13NO5/c1-16-10-7-8(11(13)14)3-4-9(10)17-6-2-5-12-15/h3-4,7H,2,5-6H2,1H3,(H,13,14). The molecule has 0 aliphatic heterocycles. The van der Waals surface area contributed by atoms with E-state index in [1.165, 1.54) is 25.3 Å². The van der Waals surface area contributed by atoms with Crippen LogP contribution in [0.2, 0.25) is 0 Å². The molecular weight excluding hydrogens is 226 g/mol. The van der Waals surface area contributed by atoms with Gasteiger partial charge in [0.25, 0.3) is 0 Å². The Morgan fingerprint density at radius 1 is 1.41 bits per heavy atom. The van der Waals surface area contributed by atoms with Crippen LogP contribution in [0.25, 0.3) is 0 Å². The second kappa shape index (κ2) is 6.47. The van der Waals surface area contributed by atoms with Crippen LogP contribution in [0.4, 0.5) is 0 Å². The third-order valence-corrected chi connectivity index (χ3v) is 2.06. The van der Waals surface area contributed by atoms with Crippen LogP contribution < -0.4 is 9.47 Å². The highest BCUT2D eigenvalue weighted by atomic mass is 16.5. The second-order valence-corrected chi connectivity index (χ2v) is 3.23. The van der Waals surface area contributed by atoms with Crippen LogP contribution in [0.3, 0.4) is 0 Å². The molecule has 0 heterocycles. The lowest BCUT2D eigenvalue weighted by Crippen LogP contribution is -2.02. The van der Waals surface area contributed by atoms with Crippen molar-refractivity contribution in [1.82, 2.24) is 0 Å². The molecule has 0 spiro atoms. The van der Waals surface area contributed by atoms with Gasteiger partial charge in [-0.15, -0.1) is 0 Å². The summed E-state index contributed by atoms with van der Waals surface area (Å²) in [5.74, 6) is -0.229. The number of hydrogen-bond donors (Lipinski definition) is 1. The lowest BCUT2D eigenvalue weighted by Gasteiger charge is -2.10. The van der Waals surface area contributed by atoms with Gasteiger partial charge in [0.05, 0.1) is 25.8 Å². The fraction of sp³-hybridized carbons (Fsp3) is 0.364. The van der Waals surface area contributed by atoms with Gasteiger partial charge in [-0.25, -0.2) is 4.79 Å². The molecule has 0 bridgehead atoms. The Bertz CT molecular complexity index is 405. The minimum absolute atomic E-state index is 0.128. The SMILES string of the molecule is COc1cc(C(=O)O)ccc1OCCCN=O. The normalized spacial score (nSPS) is 9.71. The van der Waals surface area contributed by atoms with Crippen molar-refractivity contribution in [1.29, 1.82) is 0 Å². The molecule has 0 saturated carbocycles. The van der Waals surface area contributed by atoms with E-state index in [-0.39, 0.29) is 12.1 Å². The predicted octanol–water partition coefficient (Wildman–Crippen LogP) is 1.93. The summed E-state index contributed by atoms with van der Waals surface area (Å²) in [6, 6.07) is 4.34. The van der Waals surface area contributed by atoms with Gasteiger partial charge in [-0.05, 0) is 18.2 Å². The summed E-state index contributed by atoms with van der Waals surface area (Å²) in [5.41, 5.74) is 0.128. The Hall–Kier alpha value is -2.11. The first kappa shape index (κ1) is 13.0. The van der Waals surface area contributed by atoms with E-state index >= 15 is 0 Å². The number of aromatic carboxylic acids is 1. The van der Waals surface area contributed by atoms with Crippen molar-refractivity contribution < 1.29 is 19.4 Å². The topological polar surface area (TPSA) is 85.2 Å². The van der Waals surface area contributed by atoms with E-state index in [0.717, 1.165) is 0 Å². The van der Waals surface area contributed by atoms with Crippen molar-refractivity contribution in [3.63, 3.8) is 0 Å². The lowest BCUT2D eigenvalue weighted by molar-refractivity contribution is 0.0696. The van der Waals surface area contributed by atoms with E-state index in [9.17, 15) is 9.70 Å². The van der Waals surface area contributed by atoms with Gasteiger partial charge in [-0.1, -0.05) is 5.18 Å². The van der Waals surface area contributed by atoms with Crippen LogP contribution in [-0.4, -0.2) is 31.3 Å². The van der Waals surface area contributed by atoms with Crippen LogP contribution in [0.1, 0.15) is 16.8 Å². The summed E-state index contributed by atoms with van der Waals surface area (Å²) in [7, 11) is 1.43. The average Bonchev–Trinajstić information content (AvgIpc) is 2.34. The highest BCUT2D eigenvalue weighted by Gasteiger charge is 2.09. The molecule has 1 aromatic rings. The number of carboxylic acids is 1. The molecule has 92 valence electrons. The Morgan fingerprint density at radius 3 is 2.76 bits per heavy atom. The maximum atomic E-state index is 10.7. The number of nitrogens with zero attached hydrogens (tertiary/aromatic N) is 1. The van der Waals surface area contributed by atoms with Crippen LogP contribution >= 0.6 is 0 Å². The molecule has 0 atom stereocenters. The van der Waals surface area contributed by atoms with Crippen LogP contribution in [0.5, 0.6) is 11.5 Å². The van der Waals surface area contributed by atoms with Gasteiger partial charge in [-0.3, -0.25) is 0 Å². The predicted molar refractivity (Wildman–Crippen MR) is 60.7 cm³/mol. The molecule has 6 heteroatoms. The zero-order chi connectivity index (χ0) is 12.7. The van der Waals surface area contributed by atoms with E-state index < -0.39 is 5.97 Å². The summed E-state index contributed by atoms with van der Waals surface area (Å²) in [4.78, 5) is 20.6. The van der Waals surface area contributed by atoms with E-state index in [1.807, 2.05) is 0 Å². The monoisotopic (exact) mass is 239 g/mol. The largest absolute Gasteiger partial charge is 0.493 e. The van der Waals surface area contributed by atoms with E-state index in [0.29, 0.717) is 24.5 Å². The third kappa shape index (κ3) is 3.75. The van der Waals surface area contributed by atoms with Gasteiger partial charge in [0.2, 0.25) is 0 Å². The minimum atomic E-state index is -1.03. The first-order chi connectivity index (χ1) is 8.19. The number of carboxylic acid groups (broad SMARTS) is 1. The molecule has 0 aliphatic carbocycles. The molecule has 0 unspecified atom stereocenters.